The van der Waals surface area contributed by atoms with Crippen molar-refractivity contribution in [3.8, 4) is 11.5 Å². The average molecular weight is 379 g/mol. The van der Waals surface area contributed by atoms with Crippen LogP contribution in [0.5, 0.6) is 11.5 Å². The fourth-order valence-corrected chi connectivity index (χ4v) is 2.91. The molecular formula is C22H21NO5. The number of phenols is 1. The Morgan fingerprint density at radius 1 is 1.00 bits per heavy atom. The van der Waals surface area contributed by atoms with E-state index in [1.54, 1.807) is 32.4 Å². The van der Waals surface area contributed by atoms with E-state index in [-0.39, 0.29) is 17.2 Å². The van der Waals surface area contributed by atoms with Gasteiger partial charge in [0.15, 0.2) is 6.61 Å². The Balaban J connectivity index is 1.64. The van der Waals surface area contributed by atoms with E-state index in [2.05, 4.69) is 0 Å². The number of para-hydroxylation sites is 1. The van der Waals surface area contributed by atoms with Crippen LogP contribution in [0.2, 0.25) is 0 Å². The van der Waals surface area contributed by atoms with Gasteiger partial charge in [-0.05, 0) is 17.5 Å². The van der Waals surface area contributed by atoms with E-state index in [9.17, 15) is 14.7 Å². The number of carbonyl (C=O) groups is 2. The third kappa shape index (κ3) is 4.06. The maximum absolute atomic E-state index is 12.3. The van der Waals surface area contributed by atoms with Gasteiger partial charge in [-0.3, -0.25) is 4.79 Å². The molecule has 1 amide bonds. The number of amides is 1. The largest absolute Gasteiger partial charge is 0.506 e. The lowest BCUT2D eigenvalue weighted by molar-refractivity contribution is -0.133. The fraction of sp³-hybridized carbons (Fsp3) is 0.182. The van der Waals surface area contributed by atoms with Crippen molar-refractivity contribution in [1.82, 2.24) is 4.90 Å². The van der Waals surface area contributed by atoms with Gasteiger partial charge < -0.3 is 19.5 Å². The van der Waals surface area contributed by atoms with Crippen molar-refractivity contribution < 1.29 is 24.2 Å². The van der Waals surface area contributed by atoms with Gasteiger partial charge in [0.05, 0.1) is 7.11 Å². The molecule has 0 fully saturated rings. The van der Waals surface area contributed by atoms with Gasteiger partial charge in [0.25, 0.3) is 5.91 Å². The van der Waals surface area contributed by atoms with Crippen LogP contribution < -0.4 is 4.74 Å². The first-order valence-corrected chi connectivity index (χ1v) is 8.75. The van der Waals surface area contributed by atoms with Crippen molar-refractivity contribution >= 4 is 22.6 Å². The molecule has 28 heavy (non-hydrogen) atoms. The second kappa shape index (κ2) is 8.43. The highest BCUT2D eigenvalue weighted by Crippen LogP contribution is 2.29. The summed E-state index contributed by atoms with van der Waals surface area (Å²) in [5.41, 5.74) is 0.873. The minimum absolute atomic E-state index is 0.0267. The molecule has 0 saturated carbocycles. The predicted octanol–water partition coefficient (Wildman–Crippen LogP) is 3.37. The lowest BCUT2D eigenvalue weighted by Gasteiger charge is -2.19. The number of esters is 1. The van der Waals surface area contributed by atoms with Crippen molar-refractivity contribution in [3.05, 3.63) is 71.8 Å². The number of aromatic hydroxyl groups is 1. The number of rotatable bonds is 6. The molecule has 144 valence electrons. The quantitative estimate of drug-likeness (QED) is 0.665. The molecule has 1 N–H and O–H groups in total. The van der Waals surface area contributed by atoms with Crippen molar-refractivity contribution in [1.29, 1.82) is 0 Å². The molecule has 0 aromatic heterocycles. The van der Waals surface area contributed by atoms with Gasteiger partial charge in [-0.15, -0.1) is 0 Å². The van der Waals surface area contributed by atoms with Gasteiger partial charge in [-0.2, -0.15) is 0 Å². The molecule has 0 aliphatic carbocycles. The number of hydrogen-bond donors (Lipinski definition) is 1. The first kappa shape index (κ1) is 19.2. The van der Waals surface area contributed by atoms with Gasteiger partial charge in [0, 0.05) is 24.5 Å². The number of carbonyl (C=O) groups excluding carboxylic acids is 2. The van der Waals surface area contributed by atoms with Crippen LogP contribution in [0.4, 0.5) is 0 Å². The molecule has 0 radical (unpaired) electrons. The minimum atomic E-state index is -0.748. The molecule has 0 heterocycles. The Bertz CT molecular complexity index is 1010. The summed E-state index contributed by atoms with van der Waals surface area (Å²) in [5, 5.41) is 11.7. The molecule has 0 atom stereocenters. The van der Waals surface area contributed by atoms with Crippen LogP contribution in [0.1, 0.15) is 15.9 Å². The van der Waals surface area contributed by atoms with E-state index in [1.807, 2.05) is 36.4 Å². The molecule has 3 aromatic carbocycles. The standard InChI is InChI=1S/C22H21NO5/c1-23(13-16-8-4-6-10-19(16)27-2)20(24)14-28-22(26)18-12-11-15-7-3-5-9-17(15)21(18)25/h3-12,25H,13-14H2,1-2H3. The third-order valence-electron chi connectivity index (χ3n) is 4.47. The third-order valence-corrected chi connectivity index (χ3v) is 4.47. The number of nitrogens with zero attached hydrogens (tertiary/aromatic N) is 1. The maximum Gasteiger partial charge on any atom is 0.342 e. The number of methoxy groups -OCH3 is 1. The van der Waals surface area contributed by atoms with Crippen molar-refractivity contribution in [2.45, 2.75) is 6.54 Å². The summed E-state index contributed by atoms with van der Waals surface area (Å²) in [6.45, 7) is -0.0988. The van der Waals surface area contributed by atoms with E-state index >= 15 is 0 Å². The SMILES string of the molecule is COc1ccccc1CN(C)C(=O)COC(=O)c1ccc2ccccc2c1O. The molecule has 0 unspecified atom stereocenters. The average Bonchev–Trinajstić information content (AvgIpc) is 2.72. The van der Waals surface area contributed by atoms with E-state index < -0.39 is 12.6 Å². The van der Waals surface area contributed by atoms with Crippen molar-refractivity contribution in [2.75, 3.05) is 20.8 Å². The normalized spacial score (nSPS) is 10.5. The summed E-state index contributed by atoms with van der Waals surface area (Å²) < 4.78 is 10.4. The zero-order chi connectivity index (χ0) is 20.1. The van der Waals surface area contributed by atoms with Gasteiger partial charge >= 0.3 is 5.97 Å². The molecule has 3 rings (SSSR count). The second-order valence-corrected chi connectivity index (χ2v) is 6.32. The van der Waals surface area contributed by atoms with Crippen LogP contribution in [0.15, 0.2) is 60.7 Å². The lowest BCUT2D eigenvalue weighted by atomic mass is 10.1. The highest BCUT2D eigenvalue weighted by Gasteiger charge is 2.18. The zero-order valence-corrected chi connectivity index (χ0v) is 15.7. The lowest BCUT2D eigenvalue weighted by Crippen LogP contribution is -2.31. The predicted molar refractivity (Wildman–Crippen MR) is 105 cm³/mol. The number of hydrogen-bond acceptors (Lipinski definition) is 5. The first-order chi connectivity index (χ1) is 13.5. The molecule has 0 aliphatic heterocycles. The second-order valence-electron chi connectivity index (χ2n) is 6.32. The number of likely N-dealkylation sites (N-methyl/N-ethyl adjacent to an activating group) is 1. The van der Waals surface area contributed by atoms with Crippen LogP contribution in [0, 0.1) is 0 Å². The maximum atomic E-state index is 12.3. The van der Waals surface area contributed by atoms with Crippen molar-refractivity contribution in [3.63, 3.8) is 0 Å². The highest BCUT2D eigenvalue weighted by molar-refractivity contribution is 6.01. The first-order valence-electron chi connectivity index (χ1n) is 8.75. The Kier molecular flexibility index (Phi) is 5.79. The van der Waals surface area contributed by atoms with Gasteiger partial charge in [-0.1, -0.05) is 48.5 Å². The molecule has 6 heteroatoms. The summed E-state index contributed by atoms with van der Waals surface area (Å²) in [7, 11) is 3.19. The highest BCUT2D eigenvalue weighted by atomic mass is 16.5. The number of ether oxygens (including phenoxy) is 2. The minimum Gasteiger partial charge on any atom is -0.506 e. The van der Waals surface area contributed by atoms with Gasteiger partial charge in [-0.25, -0.2) is 4.79 Å². The summed E-state index contributed by atoms with van der Waals surface area (Å²) >= 11 is 0. The molecule has 6 nitrogen and oxygen atoms in total. The fourth-order valence-electron chi connectivity index (χ4n) is 2.91. The Morgan fingerprint density at radius 2 is 1.71 bits per heavy atom. The summed E-state index contributed by atoms with van der Waals surface area (Å²) in [6, 6.07) is 17.8. The zero-order valence-electron chi connectivity index (χ0n) is 15.7. The Hall–Kier alpha value is -3.54. The van der Waals surface area contributed by atoms with Crippen LogP contribution in [0.3, 0.4) is 0 Å². The van der Waals surface area contributed by atoms with Gasteiger partial charge in [0.1, 0.15) is 17.1 Å². The Morgan fingerprint density at radius 3 is 2.50 bits per heavy atom. The molecule has 0 aliphatic rings. The monoisotopic (exact) mass is 379 g/mol. The van der Waals surface area contributed by atoms with E-state index in [4.69, 9.17) is 9.47 Å². The van der Waals surface area contributed by atoms with Crippen LogP contribution in [-0.2, 0) is 16.1 Å². The summed E-state index contributed by atoms with van der Waals surface area (Å²) in [6.07, 6.45) is 0. The molecule has 0 bridgehead atoms. The molecule has 0 saturated heterocycles. The van der Waals surface area contributed by atoms with E-state index in [0.717, 1.165) is 10.9 Å². The van der Waals surface area contributed by atoms with Crippen LogP contribution in [-0.4, -0.2) is 42.6 Å². The number of fused-ring (bicyclic) bond motifs is 1. The molecule has 0 spiro atoms. The van der Waals surface area contributed by atoms with E-state index in [0.29, 0.717) is 17.7 Å². The molecule has 3 aromatic rings. The van der Waals surface area contributed by atoms with Crippen LogP contribution >= 0.6 is 0 Å². The summed E-state index contributed by atoms with van der Waals surface area (Å²) in [5.74, 6) is -0.583. The Labute approximate surface area is 162 Å². The molecular weight excluding hydrogens is 358 g/mol. The topological polar surface area (TPSA) is 76.1 Å². The van der Waals surface area contributed by atoms with Gasteiger partial charge in [0.2, 0.25) is 0 Å². The van der Waals surface area contributed by atoms with Crippen LogP contribution in [0.25, 0.3) is 10.8 Å². The van der Waals surface area contributed by atoms with E-state index in [1.165, 1.54) is 11.0 Å². The number of phenolic OH excluding ortho intramolecular Hbond substituents is 1. The van der Waals surface area contributed by atoms with Crippen molar-refractivity contribution in [2.24, 2.45) is 0 Å². The number of benzene rings is 3. The summed E-state index contributed by atoms with van der Waals surface area (Å²) in [4.78, 5) is 26.1. The smallest absolute Gasteiger partial charge is 0.342 e.